The van der Waals surface area contributed by atoms with E-state index in [1.807, 2.05) is 0 Å². The lowest BCUT2D eigenvalue weighted by molar-refractivity contribution is 0.449. The van der Waals surface area contributed by atoms with Crippen LogP contribution in [0.25, 0.3) is 11.3 Å². The molecule has 3 aromatic rings. The van der Waals surface area contributed by atoms with Gasteiger partial charge in [0.2, 0.25) is 16.0 Å². The summed E-state index contributed by atoms with van der Waals surface area (Å²) in [5, 5.41) is 0. The van der Waals surface area contributed by atoms with Gasteiger partial charge in [-0.3, -0.25) is 4.98 Å². The van der Waals surface area contributed by atoms with Gasteiger partial charge in [-0.1, -0.05) is 18.2 Å². The number of benzene rings is 1. The summed E-state index contributed by atoms with van der Waals surface area (Å²) in [5.41, 5.74) is 5.65. The summed E-state index contributed by atoms with van der Waals surface area (Å²) in [4.78, 5) is 12.0. The standard InChI is InChI=1S/C19H20FN5O2S/c1-19(2,25-28(26,27)15-6-4-3-5-7-15)9-13-8-16(20)17(22-10-13)14-11-23-18(21)24-12-14/h3-8,10-12,25H,9H2,1-2H3,(H2,21,23,24). The minimum absolute atomic E-state index is 0.0910. The van der Waals surface area contributed by atoms with Crippen molar-refractivity contribution in [3.8, 4) is 11.3 Å². The first-order valence-corrected chi connectivity index (χ1v) is 9.96. The van der Waals surface area contributed by atoms with E-state index in [0.717, 1.165) is 0 Å². The largest absolute Gasteiger partial charge is 0.368 e. The molecular weight excluding hydrogens is 381 g/mol. The van der Waals surface area contributed by atoms with Crippen LogP contribution in [-0.4, -0.2) is 28.9 Å². The first kappa shape index (κ1) is 19.8. The molecule has 0 amide bonds. The number of hydrogen-bond donors (Lipinski definition) is 2. The Morgan fingerprint density at radius 3 is 2.32 bits per heavy atom. The molecule has 3 N–H and O–H groups in total. The number of nitrogen functional groups attached to an aromatic ring is 1. The van der Waals surface area contributed by atoms with Crippen molar-refractivity contribution in [1.29, 1.82) is 0 Å². The van der Waals surface area contributed by atoms with Crippen LogP contribution >= 0.6 is 0 Å². The molecule has 0 saturated carbocycles. The van der Waals surface area contributed by atoms with Crippen LogP contribution in [0.5, 0.6) is 0 Å². The van der Waals surface area contributed by atoms with Gasteiger partial charge in [0.15, 0.2) is 0 Å². The molecule has 2 aromatic heterocycles. The Morgan fingerprint density at radius 2 is 1.71 bits per heavy atom. The maximum absolute atomic E-state index is 14.5. The molecule has 3 rings (SSSR count). The predicted molar refractivity (Wildman–Crippen MR) is 104 cm³/mol. The molecule has 0 aliphatic rings. The Hall–Kier alpha value is -2.91. The smallest absolute Gasteiger partial charge is 0.241 e. The zero-order valence-electron chi connectivity index (χ0n) is 15.4. The summed E-state index contributed by atoms with van der Waals surface area (Å²) in [6.45, 7) is 3.46. The normalized spacial score (nSPS) is 12.1. The predicted octanol–water partition coefficient (Wildman–Crippen LogP) is 2.56. The van der Waals surface area contributed by atoms with Gasteiger partial charge >= 0.3 is 0 Å². The molecule has 146 valence electrons. The highest BCUT2D eigenvalue weighted by Gasteiger charge is 2.27. The highest BCUT2D eigenvalue weighted by Crippen LogP contribution is 2.22. The summed E-state index contributed by atoms with van der Waals surface area (Å²) in [5.74, 6) is -0.458. The molecule has 2 heterocycles. The van der Waals surface area contributed by atoms with E-state index in [1.54, 1.807) is 32.0 Å². The van der Waals surface area contributed by atoms with E-state index in [9.17, 15) is 12.8 Å². The number of anilines is 1. The van der Waals surface area contributed by atoms with Crippen molar-refractivity contribution in [2.75, 3.05) is 5.73 Å². The van der Waals surface area contributed by atoms with Gasteiger partial charge in [0.25, 0.3) is 0 Å². The van der Waals surface area contributed by atoms with Crippen LogP contribution in [0.1, 0.15) is 19.4 Å². The topological polar surface area (TPSA) is 111 Å². The maximum Gasteiger partial charge on any atom is 0.241 e. The van der Waals surface area contributed by atoms with E-state index in [1.165, 1.54) is 36.8 Å². The second-order valence-corrected chi connectivity index (χ2v) is 8.67. The monoisotopic (exact) mass is 401 g/mol. The van der Waals surface area contributed by atoms with E-state index in [4.69, 9.17) is 5.73 Å². The fourth-order valence-electron chi connectivity index (χ4n) is 2.82. The lowest BCUT2D eigenvalue weighted by atomic mass is 9.97. The maximum atomic E-state index is 14.5. The van der Waals surface area contributed by atoms with Crippen LogP contribution in [0.15, 0.2) is 59.9 Å². The van der Waals surface area contributed by atoms with Gasteiger partial charge in [0, 0.05) is 29.7 Å². The molecule has 0 aliphatic carbocycles. The number of halogens is 1. The first-order chi connectivity index (χ1) is 13.2. The molecule has 0 atom stereocenters. The number of aromatic nitrogens is 3. The Morgan fingerprint density at radius 1 is 1.07 bits per heavy atom. The number of sulfonamides is 1. The summed E-state index contributed by atoms with van der Waals surface area (Å²) >= 11 is 0. The molecule has 0 fully saturated rings. The van der Waals surface area contributed by atoms with Crippen LogP contribution in [0.4, 0.5) is 10.3 Å². The van der Waals surface area contributed by atoms with Crippen molar-refractivity contribution >= 4 is 16.0 Å². The van der Waals surface area contributed by atoms with Crippen LogP contribution in [0, 0.1) is 5.82 Å². The highest BCUT2D eigenvalue weighted by molar-refractivity contribution is 7.89. The van der Waals surface area contributed by atoms with Crippen molar-refractivity contribution in [1.82, 2.24) is 19.7 Å². The third-order valence-corrected chi connectivity index (χ3v) is 5.67. The fraction of sp³-hybridized carbons (Fsp3) is 0.211. The SMILES string of the molecule is CC(C)(Cc1cnc(-c2cnc(N)nc2)c(F)c1)NS(=O)(=O)c1ccccc1. The summed E-state index contributed by atoms with van der Waals surface area (Å²) in [6, 6.07) is 9.41. The second-order valence-electron chi connectivity index (χ2n) is 6.98. The summed E-state index contributed by atoms with van der Waals surface area (Å²) < 4.78 is 42.3. The van der Waals surface area contributed by atoms with Crippen molar-refractivity contribution in [3.63, 3.8) is 0 Å². The third kappa shape index (κ3) is 4.68. The van der Waals surface area contributed by atoms with Gasteiger partial charge in [-0.15, -0.1) is 0 Å². The van der Waals surface area contributed by atoms with Gasteiger partial charge in [-0.2, -0.15) is 0 Å². The molecule has 0 aliphatic heterocycles. The van der Waals surface area contributed by atoms with Gasteiger partial charge in [-0.05, 0) is 44.0 Å². The lowest BCUT2D eigenvalue weighted by Crippen LogP contribution is -2.45. The van der Waals surface area contributed by atoms with E-state index >= 15 is 0 Å². The number of nitrogens with two attached hydrogens (primary N) is 1. The molecule has 0 radical (unpaired) electrons. The minimum atomic E-state index is -3.70. The fourth-order valence-corrected chi connectivity index (χ4v) is 4.25. The molecule has 28 heavy (non-hydrogen) atoms. The number of nitrogens with one attached hydrogen (secondary N) is 1. The lowest BCUT2D eigenvalue weighted by Gasteiger charge is -2.26. The Bertz CT molecular complexity index is 1070. The zero-order chi connectivity index (χ0) is 20.4. The number of hydrogen-bond acceptors (Lipinski definition) is 6. The van der Waals surface area contributed by atoms with E-state index in [-0.39, 0.29) is 23.0 Å². The highest BCUT2D eigenvalue weighted by atomic mass is 32.2. The minimum Gasteiger partial charge on any atom is -0.368 e. The first-order valence-electron chi connectivity index (χ1n) is 8.48. The number of pyridine rings is 1. The van der Waals surface area contributed by atoms with Gasteiger partial charge in [0.1, 0.15) is 11.5 Å². The van der Waals surface area contributed by atoms with Gasteiger partial charge in [0.05, 0.1) is 4.90 Å². The van der Waals surface area contributed by atoms with Gasteiger partial charge < -0.3 is 5.73 Å². The molecule has 7 nitrogen and oxygen atoms in total. The molecule has 0 bridgehead atoms. The van der Waals surface area contributed by atoms with Crippen LogP contribution < -0.4 is 10.5 Å². The average molecular weight is 401 g/mol. The molecule has 9 heteroatoms. The molecule has 0 unspecified atom stereocenters. The molecular formula is C19H20FN5O2S. The Kier molecular flexibility index (Phi) is 5.39. The van der Waals surface area contributed by atoms with Crippen LogP contribution in [-0.2, 0) is 16.4 Å². The van der Waals surface area contributed by atoms with Crippen LogP contribution in [0.2, 0.25) is 0 Å². The van der Waals surface area contributed by atoms with E-state index in [2.05, 4.69) is 19.7 Å². The van der Waals surface area contributed by atoms with E-state index in [0.29, 0.717) is 11.1 Å². The van der Waals surface area contributed by atoms with Gasteiger partial charge in [-0.25, -0.2) is 27.5 Å². The van der Waals surface area contributed by atoms with Crippen molar-refractivity contribution in [2.24, 2.45) is 0 Å². The molecule has 0 spiro atoms. The Balaban J connectivity index is 1.79. The second kappa shape index (κ2) is 7.61. The zero-order valence-corrected chi connectivity index (χ0v) is 16.2. The number of rotatable bonds is 6. The molecule has 1 aromatic carbocycles. The quantitative estimate of drug-likeness (QED) is 0.657. The number of nitrogens with zero attached hydrogens (tertiary/aromatic N) is 3. The van der Waals surface area contributed by atoms with E-state index < -0.39 is 21.4 Å². The average Bonchev–Trinajstić information content (AvgIpc) is 2.62. The molecule has 0 saturated heterocycles. The third-order valence-electron chi connectivity index (χ3n) is 3.95. The van der Waals surface area contributed by atoms with Crippen molar-refractivity contribution in [3.05, 3.63) is 66.4 Å². The summed E-state index contributed by atoms with van der Waals surface area (Å²) in [7, 11) is -3.70. The van der Waals surface area contributed by atoms with Crippen molar-refractivity contribution in [2.45, 2.75) is 30.7 Å². The summed E-state index contributed by atoms with van der Waals surface area (Å²) in [6.07, 6.45) is 4.55. The van der Waals surface area contributed by atoms with Crippen LogP contribution in [0.3, 0.4) is 0 Å². The Labute approximate surface area is 162 Å². The van der Waals surface area contributed by atoms with Crippen molar-refractivity contribution < 1.29 is 12.8 Å².